The Morgan fingerprint density at radius 1 is 0.897 bits per heavy atom. The van der Waals surface area contributed by atoms with E-state index >= 15 is 0 Å². The third-order valence-corrected chi connectivity index (χ3v) is 5.55. The summed E-state index contributed by atoms with van der Waals surface area (Å²) in [6.07, 6.45) is 4.57. The molecular weight excluding hydrogens is 362 g/mol. The largest absolute Gasteiger partial charge is 0.496 e. The van der Waals surface area contributed by atoms with Crippen LogP contribution in [-0.4, -0.2) is 31.0 Å². The number of fused-ring (bicyclic) bond motifs is 1. The van der Waals surface area contributed by atoms with Gasteiger partial charge in [0.05, 0.1) is 7.11 Å². The predicted octanol–water partition coefficient (Wildman–Crippen LogP) is 5.44. The third-order valence-electron chi connectivity index (χ3n) is 5.55. The van der Waals surface area contributed by atoms with E-state index in [1.54, 1.807) is 7.11 Å². The van der Waals surface area contributed by atoms with Crippen molar-refractivity contribution in [2.45, 2.75) is 32.3 Å². The van der Waals surface area contributed by atoms with Gasteiger partial charge in [-0.3, -0.25) is 4.79 Å². The maximum atomic E-state index is 13.0. The zero-order valence-corrected chi connectivity index (χ0v) is 16.9. The number of hydrogen-bond acceptors (Lipinski definition) is 3. The molecule has 3 aromatic carbocycles. The summed E-state index contributed by atoms with van der Waals surface area (Å²) in [4.78, 5) is 15.0. The molecule has 29 heavy (non-hydrogen) atoms. The molecule has 4 nitrogen and oxygen atoms in total. The summed E-state index contributed by atoms with van der Waals surface area (Å²) in [6, 6.07) is 19.8. The molecule has 1 aliphatic heterocycles. The summed E-state index contributed by atoms with van der Waals surface area (Å²) < 4.78 is 11.7. The van der Waals surface area contributed by atoms with E-state index in [9.17, 15) is 4.79 Å². The van der Waals surface area contributed by atoms with Gasteiger partial charge >= 0.3 is 0 Å². The van der Waals surface area contributed by atoms with Crippen LogP contribution in [0.1, 0.15) is 41.6 Å². The molecule has 0 saturated carbocycles. The molecule has 3 aromatic rings. The molecule has 4 heteroatoms. The van der Waals surface area contributed by atoms with E-state index in [0.29, 0.717) is 12.2 Å². The molecule has 1 fully saturated rings. The van der Waals surface area contributed by atoms with Gasteiger partial charge in [-0.25, -0.2) is 0 Å². The Morgan fingerprint density at radius 3 is 2.45 bits per heavy atom. The van der Waals surface area contributed by atoms with Crippen molar-refractivity contribution in [3.8, 4) is 11.5 Å². The van der Waals surface area contributed by atoms with Crippen LogP contribution in [0.25, 0.3) is 10.8 Å². The van der Waals surface area contributed by atoms with Gasteiger partial charge in [0.1, 0.15) is 18.1 Å². The number of rotatable bonds is 5. The van der Waals surface area contributed by atoms with Gasteiger partial charge < -0.3 is 14.4 Å². The highest BCUT2D eigenvalue weighted by Gasteiger charge is 2.19. The Labute approximate surface area is 172 Å². The van der Waals surface area contributed by atoms with E-state index < -0.39 is 0 Å². The first-order chi connectivity index (χ1) is 14.3. The van der Waals surface area contributed by atoms with Crippen LogP contribution in [0.4, 0.5) is 0 Å². The van der Waals surface area contributed by atoms with Crippen molar-refractivity contribution in [2.75, 3.05) is 20.2 Å². The van der Waals surface area contributed by atoms with Crippen molar-refractivity contribution in [3.05, 3.63) is 71.8 Å². The fraction of sp³-hybridized carbons (Fsp3) is 0.320. The van der Waals surface area contributed by atoms with Gasteiger partial charge in [-0.15, -0.1) is 0 Å². The normalized spacial score (nSPS) is 14.4. The predicted molar refractivity (Wildman–Crippen MR) is 116 cm³/mol. The number of carbonyl (C=O) groups is 1. The summed E-state index contributed by atoms with van der Waals surface area (Å²) in [5.74, 6) is 1.66. The molecule has 0 unspecified atom stereocenters. The van der Waals surface area contributed by atoms with E-state index in [1.165, 1.54) is 12.8 Å². The second-order valence-corrected chi connectivity index (χ2v) is 7.50. The fourth-order valence-corrected chi connectivity index (χ4v) is 3.96. The van der Waals surface area contributed by atoms with E-state index in [0.717, 1.165) is 53.8 Å². The fourth-order valence-electron chi connectivity index (χ4n) is 3.96. The zero-order chi connectivity index (χ0) is 20.1. The summed E-state index contributed by atoms with van der Waals surface area (Å²) in [5, 5.41) is 2.22. The van der Waals surface area contributed by atoms with Crippen LogP contribution in [-0.2, 0) is 6.61 Å². The molecule has 1 saturated heterocycles. The lowest BCUT2D eigenvalue weighted by Gasteiger charge is -2.21. The van der Waals surface area contributed by atoms with Crippen LogP contribution < -0.4 is 9.47 Å². The number of methoxy groups -OCH3 is 1. The third kappa shape index (κ3) is 4.37. The van der Waals surface area contributed by atoms with Crippen LogP contribution >= 0.6 is 0 Å². The minimum Gasteiger partial charge on any atom is -0.496 e. The number of likely N-dealkylation sites (tertiary alicyclic amines) is 1. The highest BCUT2D eigenvalue weighted by Crippen LogP contribution is 2.28. The molecule has 0 radical (unpaired) electrons. The number of benzene rings is 3. The van der Waals surface area contributed by atoms with Gasteiger partial charge in [-0.2, -0.15) is 0 Å². The molecule has 150 valence electrons. The lowest BCUT2D eigenvalue weighted by Crippen LogP contribution is -2.31. The van der Waals surface area contributed by atoms with Crippen LogP contribution in [0.15, 0.2) is 60.7 Å². The second kappa shape index (κ2) is 8.99. The lowest BCUT2D eigenvalue weighted by molar-refractivity contribution is 0.0761. The van der Waals surface area contributed by atoms with E-state index in [4.69, 9.17) is 9.47 Å². The molecule has 1 amide bonds. The number of hydrogen-bond donors (Lipinski definition) is 0. The topological polar surface area (TPSA) is 38.8 Å². The van der Waals surface area contributed by atoms with Crippen molar-refractivity contribution in [3.63, 3.8) is 0 Å². The lowest BCUT2D eigenvalue weighted by atomic mass is 10.1. The van der Waals surface area contributed by atoms with Gasteiger partial charge in [0.2, 0.25) is 0 Å². The molecule has 4 rings (SSSR count). The van der Waals surface area contributed by atoms with Gasteiger partial charge in [0, 0.05) is 29.6 Å². The molecule has 1 heterocycles. The van der Waals surface area contributed by atoms with Crippen LogP contribution in [0, 0.1) is 0 Å². The Bertz CT molecular complexity index is 985. The number of ether oxygens (including phenoxy) is 2. The molecule has 0 N–H and O–H groups in total. The number of amides is 1. The summed E-state index contributed by atoms with van der Waals surface area (Å²) >= 11 is 0. The van der Waals surface area contributed by atoms with Crippen molar-refractivity contribution in [1.82, 2.24) is 4.90 Å². The van der Waals surface area contributed by atoms with Gasteiger partial charge in [0.25, 0.3) is 5.91 Å². The Morgan fingerprint density at radius 2 is 1.66 bits per heavy atom. The highest BCUT2D eigenvalue weighted by atomic mass is 16.5. The molecular formula is C25H27NO3. The number of nitrogens with zero attached hydrogens (tertiary/aromatic N) is 1. The maximum absolute atomic E-state index is 13.0. The van der Waals surface area contributed by atoms with Crippen LogP contribution in [0.2, 0.25) is 0 Å². The maximum Gasteiger partial charge on any atom is 0.253 e. The van der Waals surface area contributed by atoms with Gasteiger partial charge in [0.15, 0.2) is 0 Å². The van der Waals surface area contributed by atoms with Crippen LogP contribution in [0.5, 0.6) is 11.5 Å². The zero-order valence-electron chi connectivity index (χ0n) is 16.9. The monoisotopic (exact) mass is 389 g/mol. The first kappa shape index (κ1) is 19.3. The van der Waals surface area contributed by atoms with Crippen molar-refractivity contribution in [2.24, 2.45) is 0 Å². The van der Waals surface area contributed by atoms with Gasteiger partial charge in [-0.05, 0) is 42.5 Å². The van der Waals surface area contributed by atoms with Gasteiger partial charge in [-0.1, -0.05) is 49.2 Å². The van der Waals surface area contributed by atoms with E-state index in [2.05, 4.69) is 18.2 Å². The van der Waals surface area contributed by atoms with E-state index in [1.807, 2.05) is 47.4 Å². The van der Waals surface area contributed by atoms with Crippen molar-refractivity contribution < 1.29 is 14.3 Å². The quantitative estimate of drug-likeness (QED) is 0.583. The smallest absolute Gasteiger partial charge is 0.253 e. The Balaban J connectivity index is 1.56. The van der Waals surface area contributed by atoms with Crippen molar-refractivity contribution >= 4 is 16.7 Å². The SMILES string of the molecule is COc1ccc(C(=O)N2CCCCCC2)cc1COc1cccc2ccccc12. The first-order valence-electron chi connectivity index (χ1n) is 10.3. The van der Waals surface area contributed by atoms with Crippen molar-refractivity contribution in [1.29, 1.82) is 0 Å². The molecule has 0 aliphatic carbocycles. The number of carbonyl (C=O) groups excluding carboxylic acids is 1. The molecule has 0 atom stereocenters. The van der Waals surface area contributed by atoms with Crippen LogP contribution in [0.3, 0.4) is 0 Å². The second-order valence-electron chi connectivity index (χ2n) is 7.50. The summed E-state index contributed by atoms with van der Waals surface area (Å²) in [5.41, 5.74) is 1.57. The standard InChI is InChI=1S/C25H27NO3/c1-28-23-14-13-20(25(27)26-15-6-2-3-7-16-26)17-21(23)18-29-24-12-8-10-19-9-4-5-11-22(19)24/h4-5,8-14,17H,2-3,6-7,15-16,18H2,1H3. The minimum absolute atomic E-state index is 0.0981. The Hall–Kier alpha value is -3.01. The average Bonchev–Trinajstić information content (AvgIpc) is 3.06. The molecule has 0 spiro atoms. The minimum atomic E-state index is 0.0981. The summed E-state index contributed by atoms with van der Waals surface area (Å²) in [6.45, 7) is 2.03. The van der Waals surface area contributed by atoms with E-state index in [-0.39, 0.29) is 5.91 Å². The molecule has 0 bridgehead atoms. The highest BCUT2D eigenvalue weighted by molar-refractivity contribution is 5.94. The molecule has 1 aliphatic rings. The average molecular weight is 389 g/mol. The summed E-state index contributed by atoms with van der Waals surface area (Å²) in [7, 11) is 1.65. The first-order valence-corrected chi connectivity index (χ1v) is 10.3. The Kier molecular flexibility index (Phi) is 5.99. The molecule has 0 aromatic heterocycles.